The number of aromatic nitrogens is 3. The monoisotopic (exact) mass is 469 g/mol. The zero-order valence-corrected chi connectivity index (χ0v) is 20.2. The fourth-order valence-electron chi connectivity index (χ4n) is 3.81. The first kappa shape index (κ1) is 24.6. The van der Waals surface area contributed by atoms with Crippen LogP contribution in [0.1, 0.15) is 48.5 Å². The van der Waals surface area contributed by atoms with Gasteiger partial charge in [0.25, 0.3) is 5.91 Å². The summed E-state index contributed by atoms with van der Waals surface area (Å²) in [6.07, 6.45) is 2.71. The molecule has 0 radical (unpaired) electrons. The van der Waals surface area contributed by atoms with E-state index in [1.54, 1.807) is 17.5 Å². The highest BCUT2D eigenvalue weighted by atomic mass is 35.5. The maximum Gasteiger partial charge on any atom is 0.254 e. The molecule has 3 aromatic heterocycles. The summed E-state index contributed by atoms with van der Waals surface area (Å²) in [7, 11) is 0. The van der Waals surface area contributed by atoms with E-state index in [-0.39, 0.29) is 42.2 Å². The first-order valence-electron chi connectivity index (χ1n) is 9.76. The average molecular weight is 470 g/mol. The standard InChI is InChI=1S/C21H27N5OS.2ClH/c1-13(2)26-19-16(10-23-26)15(9-17(24-19)18-6-5-14(3)28-18)20(27)25-8-7-21(4,11-22)12-25;;/h5-6,9-10,13H,7-8,11-12,22H2,1-4H3;2*1H. The highest BCUT2D eigenvalue weighted by molar-refractivity contribution is 7.15. The van der Waals surface area contributed by atoms with Crippen molar-refractivity contribution in [1.82, 2.24) is 19.7 Å². The summed E-state index contributed by atoms with van der Waals surface area (Å²) in [5, 5.41) is 5.33. The maximum absolute atomic E-state index is 13.5. The van der Waals surface area contributed by atoms with Crippen LogP contribution in [0.15, 0.2) is 24.4 Å². The molecule has 0 saturated carbocycles. The second-order valence-electron chi connectivity index (χ2n) is 8.38. The fourth-order valence-corrected chi connectivity index (χ4v) is 4.63. The number of hydrogen-bond acceptors (Lipinski definition) is 5. The predicted molar refractivity (Wildman–Crippen MR) is 128 cm³/mol. The number of carbonyl (C=O) groups excluding carboxylic acids is 1. The summed E-state index contributed by atoms with van der Waals surface area (Å²) in [6.45, 7) is 10.4. The summed E-state index contributed by atoms with van der Waals surface area (Å²) < 4.78 is 1.89. The van der Waals surface area contributed by atoms with E-state index < -0.39 is 0 Å². The number of fused-ring (bicyclic) bond motifs is 1. The van der Waals surface area contributed by atoms with E-state index in [2.05, 4.69) is 44.9 Å². The van der Waals surface area contributed by atoms with Crippen LogP contribution in [0.3, 0.4) is 0 Å². The van der Waals surface area contributed by atoms with Crippen molar-refractivity contribution in [2.24, 2.45) is 11.1 Å². The SMILES string of the molecule is Cc1ccc(-c2cc(C(=O)N3CCC(C)(CN)C3)c3cnn(C(C)C)c3n2)s1.Cl.Cl. The largest absolute Gasteiger partial charge is 0.338 e. The first-order chi connectivity index (χ1) is 13.3. The molecule has 1 aliphatic heterocycles. The number of rotatable bonds is 4. The molecule has 0 bridgehead atoms. The van der Waals surface area contributed by atoms with E-state index in [0.717, 1.165) is 34.6 Å². The Kier molecular flexibility index (Phi) is 7.56. The van der Waals surface area contributed by atoms with Crippen LogP contribution in [0, 0.1) is 12.3 Å². The van der Waals surface area contributed by atoms with Gasteiger partial charge in [-0.2, -0.15) is 5.10 Å². The quantitative estimate of drug-likeness (QED) is 0.600. The molecular weight excluding hydrogens is 441 g/mol. The number of aryl methyl sites for hydroxylation is 1. The number of likely N-dealkylation sites (tertiary alicyclic amines) is 1. The second-order valence-corrected chi connectivity index (χ2v) is 9.66. The maximum atomic E-state index is 13.5. The van der Waals surface area contributed by atoms with Crippen molar-refractivity contribution in [2.45, 2.75) is 40.2 Å². The minimum absolute atomic E-state index is 0. The lowest BCUT2D eigenvalue weighted by atomic mass is 9.90. The molecule has 0 spiro atoms. The van der Waals surface area contributed by atoms with Gasteiger partial charge in [0, 0.05) is 24.0 Å². The number of nitrogens with zero attached hydrogens (tertiary/aromatic N) is 4. The normalized spacial score (nSPS) is 18.5. The number of nitrogens with two attached hydrogens (primary N) is 1. The molecule has 30 heavy (non-hydrogen) atoms. The number of hydrogen-bond donors (Lipinski definition) is 1. The van der Waals surface area contributed by atoms with Crippen molar-refractivity contribution in [2.75, 3.05) is 19.6 Å². The van der Waals surface area contributed by atoms with Crippen molar-refractivity contribution in [3.8, 4) is 10.6 Å². The van der Waals surface area contributed by atoms with E-state index in [1.165, 1.54) is 4.88 Å². The Balaban J connectivity index is 0.00000160. The number of pyridine rings is 1. The van der Waals surface area contributed by atoms with Gasteiger partial charge in [-0.25, -0.2) is 9.67 Å². The van der Waals surface area contributed by atoms with Gasteiger partial charge >= 0.3 is 0 Å². The summed E-state index contributed by atoms with van der Waals surface area (Å²) in [4.78, 5) is 22.5. The molecule has 4 heterocycles. The zero-order valence-electron chi connectivity index (χ0n) is 17.7. The fraction of sp³-hybridized carbons (Fsp3) is 0.476. The summed E-state index contributed by atoms with van der Waals surface area (Å²) in [5.41, 5.74) is 8.21. The van der Waals surface area contributed by atoms with Crippen molar-refractivity contribution in [3.05, 3.63) is 34.8 Å². The lowest BCUT2D eigenvalue weighted by molar-refractivity contribution is 0.0779. The molecule has 4 rings (SSSR count). The van der Waals surface area contributed by atoms with Gasteiger partial charge in [-0.1, -0.05) is 6.92 Å². The molecular formula is C21H29Cl2N5OS. The highest BCUT2D eigenvalue weighted by Crippen LogP contribution is 2.34. The topological polar surface area (TPSA) is 77.0 Å². The van der Waals surface area contributed by atoms with Crippen LogP contribution in [0.2, 0.25) is 0 Å². The van der Waals surface area contributed by atoms with Gasteiger partial charge in [0.05, 0.1) is 27.7 Å². The van der Waals surface area contributed by atoms with Gasteiger partial charge in [0.1, 0.15) is 0 Å². The van der Waals surface area contributed by atoms with Crippen LogP contribution in [0.5, 0.6) is 0 Å². The number of carbonyl (C=O) groups is 1. The first-order valence-corrected chi connectivity index (χ1v) is 10.6. The van der Waals surface area contributed by atoms with E-state index in [1.807, 2.05) is 15.6 Å². The lowest BCUT2D eigenvalue weighted by Gasteiger charge is -2.23. The van der Waals surface area contributed by atoms with Crippen molar-refractivity contribution >= 4 is 53.1 Å². The van der Waals surface area contributed by atoms with Crippen LogP contribution in [0.25, 0.3) is 21.6 Å². The lowest BCUT2D eigenvalue weighted by Crippen LogP contribution is -2.34. The molecule has 0 aromatic carbocycles. The zero-order chi connectivity index (χ0) is 20.1. The van der Waals surface area contributed by atoms with Crippen LogP contribution >= 0.6 is 36.2 Å². The molecule has 164 valence electrons. The molecule has 1 atom stereocenters. The van der Waals surface area contributed by atoms with Crippen molar-refractivity contribution < 1.29 is 4.79 Å². The third-order valence-corrected chi connectivity index (χ3v) is 6.64. The summed E-state index contributed by atoms with van der Waals surface area (Å²) in [6, 6.07) is 6.25. The Morgan fingerprint density at radius 1 is 1.33 bits per heavy atom. The van der Waals surface area contributed by atoms with Gasteiger partial charge in [-0.15, -0.1) is 36.2 Å². The molecule has 1 aliphatic rings. The number of halogens is 2. The molecule has 9 heteroatoms. The minimum Gasteiger partial charge on any atom is -0.338 e. The molecule has 1 unspecified atom stereocenters. The number of amides is 1. The Morgan fingerprint density at radius 2 is 2.07 bits per heavy atom. The molecule has 1 amide bonds. The third kappa shape index (κ3) is 4.35. The van der Waals surface area contributed by atoms with Crippen LogP contribution < -0.4 is 5.73 Å². The van der Waals surface area contributed by atoms with Crippen molar-refractivity contribution in [3.63, 3.8) is 0 Å². The van der Waals surface area contributed by atoms with Crippen LogP contribution in [0.4, 0.5) is 0 Å². The number of thiophene rings is 1. The average Bonchev–Trinajstić information content (AvgIpc) is 3.38. The van der Waals surface area contributed by atoms with Crippen LogP contribution in [-0.2, 0) is 0 Å². The molecule has 1 fully saturated rings. The Morgan fingerprint density at radius 3 is 2.63 bits per heavy atom. The summed E-state index contributed by atoms with van der Waals surface area (Å²) in [5.74, 6) is 0.0439. The van der Waals surface area contributed by atoms with E-state index in [0.29, 0.717) is 18.7 Å². The minimum atomic E-state index is -0.00237. The summed E-state index contributed by atoms with van der Waals surface area (Å²) >= 11 is 1.69. The van der Waals surface area contributed by atoms with E-state index in [4.69, 9.17) is 10.7 Å². The van der Waals surface area contributed by atoms with Crippen molar-refractivity contribution in [1.29, 1.82) is 0 Å². The Labute approximate surface area is 193 Å². The van der Waals surface area contributed by atoms with Crippen LogP contribution in [-0.4, -0.2) is 45.2 Å². The molecule has 3 aromatic rings. The van der Waals surface area contributed by atoms with Gasteiger partial charge in [0.2, 0.25) is 0 Å². The van der Waals surface area contributed by atoms with Gasteiger partial charge < -0.3 is 10.6 Å². The molecule has 1 saturated heterocycles. The second kappa shape index (κ2) is 9.22. The smallest absolute Gasteiger partial charge is 0.254 e. The van der Waals surface area contributed by atoms with Gasteiger partial charge in [-0.3, -0.25) is 4.79 Å². The molecule has 2 N–H and O–H groups in total. The highest BCUT2D eigenvalue weighted by Gasteiger charge is 2.36. The Hall–Kier alpha value is -1.67. The predicted octanol–water partition coefficient (Wildman–Crippen LogP) is 4.70. The van der Waals surface area contributed by atoms with E-state index in [9.17, 15) is 4.79 Å². The molecule has 0 aliphatic carbocycles. The molecule has 6 nitrogen and oxygen atoms in total. The van der Waals surface area contributed by atoms with E-state index >= 15 is 0 Å². The third-order valence-electron chi connectivity index (χ3n) is 5.62. The Bertz CT molecular complexity index is 1050. The van der Waals surface area contributed by atoms with Gasteiger partial charge in [0.15, 0.2) is 5.65 Å². The van der Waals surface area contributed by atoms with Gasteiger partial charge in [-0.05, 0) is 57.4 Å².